The van der Waals surface area contributed by atoms with E-state index in [2.05, 4.69) is 77.7 Å². The van der Waals surface area contributed by atoms with Gasteiger partial charge in [0.1, 0.15) is 53.2 Å². The van der Waals surface area contributed by atoms with Crippen molar-refractivity contribution in [3.8, 4) is 0 Å². The van der Waals surface area contributed by atoms with E-state index in [0.717, 1.165) is 57.5 Å². The standard InChI is InChI=1S/C68H110N4O12P/c1-14-57-68(10,79)61(75)49(6)71(58(73)37-28-20-18-16-15-17-19-21-29-38-85(52-33-24-22-25-34-52,53-35-26-23-27-36-53)54-42-69-72(44-54)51-31-30-32-51)43-45(2)40-66(8,78)63(84-65-60(74)55(70(11)12)39-46(3)81-65)47(4)59(48(5)64(77)83-57)56-41-67(9,80-13)62(76)50(7)82-56/h22-27,33-36,42,44-51,55-57,59-63,65,74-76,78-79H,14-21,28-32,37-41,43H2,1-13H3/q+1/t45-,46-,47+,48-,49-,50+,55+,56?,57-,59+,60-,61-,62+,63-,65+,66-,67-,68-/m1/s1. The van der Waals surface area contributed by atoms with Crippen LogP contribution in [-0.4, -0.2) is 175 Å². The minimum absolute atomic E-state index is 0.106. The van der Waals surface area contributed by atoms with E-state index in [0.29, 0.717) is 18.9 Å². The summed E-state index contributed by atoms with van der Waals surface area (Å²) in [7, 11) is 3.39. The molecule has 0 spiro atoms. The highest BCUT2D eigenvalue weighted by atomic mass is 31.2. The number of hydrogen-bond acceptors (Lipinski definition) is 14. The van der Waals surface area contributed by atoms with Gasteiger partial charge in [-0.25, -0.2) is 0 Å². The van der Waals surface area contributed by atoms with Crippen LogP contribution in [0.4, 0.5) is 0 Å². The Bertz CT molecular complexity index is 2480. The molecule has 1 aromatic heterocycles. The topological polar surface area (TPSA) is 206 Å². The molecule has 85 heavy (non-hydrogen) atoms. The number of nitrogens with zero attached hydrogens (tertiary/aromatic N) is 4. The average molecular weight is 1210 g/mol. The first-order valence-corrected chi connectivity index (χ1v) is 34.5. The lowest BCUT2D eigenvalue weighted by atomic mass is 9.68. The van der Waals surface area contributed by atoms with Crippen molar-refractivity contribution in [2.75, 3.05) is 33.9 Å². The third-order valence-electron chi connectivity index (χ3n) is 20.3. The van der Waals surface area contributed by atoms with Gasteiger partial charge in [0.15, 0.2) is 6.29 Å². The van der Waals surface area contributed by atoms with Gasteiger partial charge >= 0.3 is 5.97 Å². The largest absolute Gasteiger partial charge is 0.459 e. The van der Waals surface area contributed by atoms with Crippen LogP contribution < -0.4 is 15.9 Å². The molecule has 0 radical (unpaired) electrons. The van der Waals surface area contributed by atoms with Gasteiger partial charge in [-0.1, -0.05) is 103 Å². The molecule has 4 aliphatic rings. The lowest BCUT2D eigenvalue weighted by Gasteiger charge is -2.51. The number of methoxy groups -OCH3 is 1. The number of aliphatic hydroxyl groups excluding tert-OH is 3. The van der Waals surface area contributed by atoms with Crippen molar-refractivity contribution in [1.82, 2.24) is 19.6 Å². The monoisotopic (exact) mass is 1210 g/mol. The molecule has 0 bridgehead atoms. The highest BCUT2D eigenvalue weighted by Gasteiger charge is 2.56. The van der Waals surface area contributed by atoms with E-state index in [9.17, 15) is 35.1 Å². The quantitative estimate of drug-likeness (QED) is 0.0362. The molecule has 1 amide bonds. The number of ether oxygens (including phenoxy) is 5. The molecule has 4 heterocycles. The fraction of sp³-hybridized carbons (Fsp3) is 0.750. The molecule has 1 aliphatic carbocycles. The van der Waals surface area contributed by atoms with E-state index in [1.807, 2.05) is 46.7 Å². The van der Waals surface area contributed by atoms with Crippen LogP contribution in [0, 0.1) is 23.7 Å². The Labute approximate surface area is 510 Å². The van der Waals surface area contributed by atoms with Gasteiger partial charge in [0.05, 0.1) is 72.2 Å². The van der Waals surface area contributed by atoms with Crippen molar-refractivity contribution >= 4 is 35.1 Å². The lowest BCUT2D eigenvalue weighted by molar-refractivity contribution is -0.302. The number of aromatic nitrogens is 2. The number of rotatable bonds is 22. The molecule has 478 valence electrons. The zero-order valence-corrected chi connectivity index (χ0v) is 54.8. The summed E-state index contributed by atoms with van der Waals surface area (Å²) in [6, 6.07) is 21.5. The van der Waals surface area contributed by atoms with Crippen LogP contribution in [0.5, 0.6) is 0 Å². The summed E-state index contributed by atoms with van der Waals surface area (Å²) in [6.07, 6.45) is 11.1. The van der Waals surface area contributed by atoms with E-state index in [1.165, 1.54) is 49.2 Å². The molecule has 3 aromatic rings. The number of likely N-dealkylation sites (N-methyl/N-ethyl adjacent to an activating group) is 1. The van der Waals surface area contributed by atoms with Crippen molar-refractivity contribution in [1.29, 1.82) is 0 Å². The van der Waals surface area contributed by atoms with Crippen LogP contribution in [0.2, 0.25) is 0 Å². The number of cyclic esters (lactones) is 1. The molecule has 5 N–H and O–H groups in total. The number of amides is 1. The molecule has 3 aliphatic heterocycles. The molecule has 1 saturated carbocycles. The zero-order chi connectivity index (χ0) is 62.0. The number of carbonyl (C=O) groups excluding carboxylic acids is 2. The Balaban J connectivity index is 1.03. The first kappa shape index (κ1) is 69.1. The molecule has 2 aromatic carbocycles. The normalized spacial score (nSPS) is 35.9. The van der Waals surface area contributed by atoms with Gasteiger partial charge in [-0.3, -0.25) is 14.3 Å². The predicted octanol–water partition coefficient (Wildman–Crippen LogP) is 8.89. The molecule has 18 atom stereocenters. The molecule has 17 heteroatoms. The van der Waals surface area contributed by atoms with Gasteiger partial charge in [-0.15, -0.1) is 0 Å². The van der Waals surface area contributed by atoms with Crippen molar-refractivity contribution in [2.45, 2.75) is 268 Å². The van der Waals surface area contributed by atoms with Gasteiger partial charge in [0.25, 0.3) is 0 Å². The Morgan fingerprint density at radius 2 is 1.39 bits per heavy atom. The Morgan fingerprint density at radius 1 is 0.800 bits per heavy atom. The molecule has 7 rings (SSSR count). The lowest BCUT2D eigenvalue weighted by Crippen LogP contribution is -2.61. The van der Waals surface area contributed by atoms with Gasteiger partial charge in [-0.2, -0.15) is 5.10 Å². The van der Waals surface area contributed by atoms with Crippen molar-refractivity contribution in [3.05, 3.63) is 73.1 Å². The molecule has 4 fully saturated rings. The van der Waals surface area contributed by atoms with Crippen LogP contribution in [0.1, 0.15) is 184 Å². The SMILES string of the molecule is CC[C@H]1OC(=O)[C@H](C)[C@@H](C2C[C@@](C)(OC)[C@@H](O)[C@H](C)O2)[C@H](C)[C@@H](O[C@@H]2O[C@H](C)C[C@H](N(C)C)[C@H]2O)[C@](C)(O)C[C@@H](C)CN(C(=O)CCCCCCCCCCC[P+](c2ccccc2)(c2ccccc2)c2cnn(C3CCC3)c2)[C@H](C)[C@@H](O)[C@]1(C)O. The second-order valence-electron chi connectivity index (χ2n) is 27.3. The Hall–Kier alpha value is -3.38. The van der Waals surface area contributed by atoms with Crippen LogP contribution >= 0.6 is 7.26 Å². The minimum atomic E-state index is -1.99. The maximum Gasteiger partial charge on any atom is 0.309 e. The van der Waals surface area contributed by atoms with Gasteiger partial charge in [-0.05, 0) is 150 Å². The zero-order valence-electron chi connectivity index (χ0n) is 53.9. The smallest absolute Gasteiger partial charge is 0.309 e. The fourth-order valence-corrected chi connectivity index (χ4v) is 19.3. The summed E-state index contributed by atoms with van der Waals surface area (Å²) in [5.74, 6) is -3.63. The molecule has 3 saturated heterocycles. The maximum absolute atomic E-state index is 14.8. The van der Waals surface area contributed by atoms with Crippen LogP contribution in [0.15, 0.2) is 73.1 Å². The van der Waals surface area contributed by atoms with E-state index in [4.69, 9.17) is 28.8 Å². The van der Waals surface area contributed by atoms with Crippen LogP contribution in [-0.2, 0) is 33.3 Å². The van der Waals surface area contributed by atoms with Crippen LogP contribution in [0.25, 0.3) is 0 Å². The van der Waals surface area contributed by atoms with E-state index < -0.39 is 103 Å². The molecule has 16 nitrogen and oxygen atoms in total. The third-order valence-corrected chi connectivity index (χ3v) is 24.8. The predicted molar refractivity (Wildman–Crippen MR) is 337 cm³/mol. The molecule has 1 unspecified atom stereocenters. The first-order chi connectivity index (χ1) is 40.3. The Kier molecular flexibility index (Phi) is 24.7. The number of benzene rings is 2. The number of unbranched alkanes of at least 4 members (excludes halogenated alkanes) is 8. The number of hydrogen-bond donors (Lipinski definition) is 5. The van der Waals surface area contributed by atoms with Gasteiger partial charge < -0.3 is 59.0 Å². The highest BCUT2D eigenvalue weighted by Crippen LogP contribution is 2.56. The summed E-state index contributed by atoms with van der Waals surface area (Å²) >= 11 is 0. The number of esters is 1. The van der Waals surface area contributed by atoms with Gasteiger partial charge in [0.2, 0.25) is 5.91 Å². The minimum Gasteiger partial charge on any atom is -0.459 e. The van der Waals surface area contributed by atoms with E-state index in [-0.39, 0.29) is 56.2 Å². The third kappa shape index (κ3) is 16.2. The van der Waals surface area contributed by atoms with Crippen molar-refractivity contribution in [3.63, 3.8) is 0 Å². The maximum atomic E-state index is 14.8. The second-order valence-corrected chi connectivity index (χ2v) is 30.9. The molecular weight excluding hydrogens is 1100 g/mol. The van der Waals surface area contributed by atoms with Crippen molar-refractivity contribution < 1.29 is 58.8 Å². The van der Waals surface area contributed by atoms with Gasteiger partial charge in [0, 0.05) is 38.5 Å². The summed E-state index contributed by atoms with van der Waals surface area (Å²) in [5, 5.41) is 70.2. The fourth-order valence-electron chi connectivity index (χ4n) is 15.0. The van der Waals surface area contributed by atoms with E-state index >= 15 is 0 Å². The summed E-state index contributed by atoms with van der Waals surface area (Å²) in [4.78, 5) is 33.1. The number of carbonyl (C=O) groups is 2. The first-order valence-electron chi connectivity index (χ1n) is 32.5. The second kappa shape index (κ2) is 30.4. The summed E-state index contributed by atoms with van der Waals surface area (Å²) < 4.78 is 34.4. The number of aliphatic hydroxyl groups is 5. The highest BCUT2D eigenvalue weighted by molar-refractivity contribution is 7.95. The Morgan fingerprint density at radius 3 is 1.94 bits per heavy atom. The van der Waals surface area contributed by atoms with Crippen molar-refractivity contribution in [2.24, 2.45) is 23.7 Å². The molecular formula is C68H110N4O12P+. The average Bonchev–Trinajstić information content (AvgIpc) is 3.69. The van der Waals surface area contributed by atoms with Crippen LogP contribution in [0.3, 0.4) is 0 Å². The summed E-state index contributed by atoms with van der Waals surface area (Å²) in [5.41, 5.74) is -4.73. The summed E-state index contributed by atoms with van der Waals surface area (Å²) in [6.45, 7) is 17.9. The van der Waals surface area contributed by atoms with E-state index in [1.54, 1.807) is 39.5 Å².